The first-order chi connectivity index (χ1) is 14.5. The number of likely N-dealkylation sites (tertiary alicyclic amines) is 1. The van der Waals surface area contributed by atoms with Crippen LogP contribution in [0.5, 0.6) is 0 Å². The standard InChI is InChI=1S/C21H21ClN4O4/c22-14-9-7-13(8-10-14)19-24-18(30-25-19)12-23-17(27)6-3-11-26-20(28)15-4-1-2-5-16(15)21(26)29/h1-2,7-10,15-16H,3-6,11-12H2,(H,23,27)/t15-,16-/m1/s1. The van der Waals surface area contributed by atoms with E-state index in [0.29, 0.717) is 30.1 Å². The van der Waals surface area contributed by atoms with Crippen molar-refractivity contribution in [2.24, 2.45) is 11.8 Å². The normalized spacial score (nSPS) is 20.5. The lowest BCUT2D eigenvalue weighted by Gasteiger charge is -2.14. The molecule has 9 heteroatoms. The zero-order valence-corrected chi connectivity index (χ0v) is 17.0. The highest BCUT2D eigenvalue weighted by Gasteiger charge is 2.46. The SMILES string of the molecule is O=C(CCCN1C(=O)[C@@H]2CC=CC[C@H]2C1=O)NCc1nc(-c2ccc(Cl)cc2)no1. The van der Waals surface area contributed by atoms with Crippen molar-refractivity contribution in [3.05, 3.63) is 47.3 Å². The second-order valence-corrected chi connectivity index (χ2v) is 7.82. The summed E-state index contributed by atoms with van der Waals surface area (Å²) in [4.78, 5) is 42.5. The Hall–Kier alpha value is -3.00. The van der Waals surface area contributed by atoms with Crippen LogP contribution < -0.4 is 5.32 Å². The lowest BCUT2D eigenvalue weighted by molar-refractivity contribution is -0.140. The zero-order chi connectivity index (χ0) is 21.1. The molecule has 1 aromatic carbocycles. The molecule has 4 rings (SSSR count). The number of benzene rings is 1. The largest absolute Gasteiger partial charge is 0.347 e. The summed E-state index contributed by atoms with van der Waals surface area (Å²) in [5.74, 6) is -0.204. The van der Waals surface area contributed by atoms with Gasteiger partial charge in [-0.25, -0.2) is 0 Å². The average Bonchev–Trinajstić information content (AvgIpc) is 3.32. The lowest BCUT2D eigenvalue weighted by Crippen LogP contribution is -2.33. The summed E-state index contributed by atoms with van der Waals surface area (Å²) in [6.45, 7) is 0.371. The predicted octanol–water partition coefficient (Wildman–Crippen LogP) is 2.74. The molecule has 2 heterocycles. The van der Waals surface area contributed by atoms with E-state index in [1.165, 1.54) is 4.90 Å². The molecule has 1 saturated heterocycles. The summed E-state index contributed by atoms with van der Waals surface area (Å²) in [7, 11) is 0. The van der Waals surface area contributed by atoms with E-state index in [1.807, 2.05) is 12.2 Å². The number of carbonyl (C=O) groups excluding carboxylic acids is 3. The minimum absolute atomic E-state index is 0.108. The average molecular weight is 429 g/mol. The van der Waals surface area contributed by atoms with Crippen LogP contribution in [0.15, 0.2) is 40.9 Å². The quantitative estimate of drug-likeness (QED) is 0.537. The molecular formula is C21H21ClN4O4. The number of rotatable bonds is 7. The molecule has 0 bridgehead atoms. The third kappa shape index (κ3) is 4.28. The number of fused-ring (bicyclic) bond motifs is 1. The van der Waals surface area contributed by atoms with E-state index >= 15 is 0 Å². The molecule has 0 radical (unpaired) electrons. The maximum Gasteiger partial charge on any atom is 0.246 e. The Kier molecular flexibility index (Phi) is 5.94. The third-order valence-corrected chi connectivity index (χ3v) is 5.64. The zero-order valence-electron chi connectivity index (χ0n) is 16.2. The monoisotopic (exact) mass is 428 g/mol. The summed E-state index contributed by atoms with van der Waals surface area (Å²) in [6, 6.07) is 7.03. The number of halogens is 1. The van der Waals surface area contributed by atoms with Gasteiger partial charge in [-0.05, 0) is 43.5 Å². The van der Waals surface area contributed by atoms with Crippen LogP contribution in [0.1, 0.15) is 31.6 Å². The fourth-order valence-electron chi connectivity index (χ4n) is 3.79. The highest BCUT2D eigenvalue weighted by molar-refractivity contribution is 6.30. The van der Waals surface area contributed by atoms with Gasteiger partial charge in [-0.3, -0.25) is 19.3 Å². The van der Waals surface area contributed by atoms with Gasteiger partial charge in [0.15, 0.2) is 0 Å². The van der Waals surface area contributed by atoms with Gasteiger partial charge in [0.1, 0.15) is 0 Å². The van der Waals surface area contributed by atoms with Gasteiger partial charge in [-0.1, -0.05) is 28.9 Å². The van der Waals surface area contributed by atoms with Crippen LogP contribution in [0.4, 0.5) is 0 Å². The molecule has 156 valence electrons. The second-order valence-electron chi connectivity index (χ2n) is 7.38. The molecule has 30 heavy (non-hydrogen) atoms. The van der Waals surface area contributed by atoms with E-state index in [-0.39, 0.29) is 55.0 Å². The van der Waals surface area contributed by atoms with E-state index in [1.54, 1.807) is 24.3 Å². The Bertz CT molecular complexity index is 959. The van der Waals surface area contributed by atoms with Gasteiger partial charge in [0.2, 0.25) is 29.4 Å². The number of hydrogen-bond acceptors (Lipinski definition) is 6. The van der Waals surface area contributed by atoms with Gasteiger partial charge in [0.25, 0.3) is 0 Å². The third-order valence-electron chi connectivity index (χ3n) is 5.39. The summed E-state index contributed by atoms with van der Waals surface area (Å²) in [5, 5.41) is 7.22. The van der Waals surface area contributed by atoms with Crippen LogP contribution >= 0.6 is 11.6 Å². The molecule has 1 fully saturated rings. The molecule has 1 aliphatic carbocycles. The summed E-state index contributed by atoms with van der Waals surface area (Å²) >= 11 is 5.86. The highest BCUT2D eigenvalue weighted by atomic mass is 35.5. The van der Waals surface area contributed by atoms with E-state index in [0.717, 1.165) is 5.56 Å². The van der Waals surface area contributed by atoms with Gasteiger partial charge in [0.05, 0.1) is 18.4 Å². The van der Waals surface area contributed by atoms with Crippen LogP contribution in [0.3, 0.4) is 0 Å². The van der Waals surface area contributed by atoms with Crippen molar-refractivity contribution in [3.63, 3.8) is 0 Å². The van der Waals surface area contributed by atoms with Gasteiger partial charge in [-0.15, -0.1) is 0 Å². The van der Waals surface area contributed by atoms with E-state index < -0.39 is 0 Å². The number of hydrogen-bond donors (Lipinski definition) is 1. The van der Waals surface area contributed by atoms with E-state index in [4.69, 9.17) is 16.1 Å². The number of nitrogens with one attached hydrogen (secondary N) is 1. The minimum Gasteiger partial charge on any atom is -0.347 e. The van der Waals surface area contributed by atoms with E-state index in [9.17, 15) is 14.4 Å². The maximum absolute atomic E-state index is 12.4. The Morgan fingerprint density at radius 2 is 1.80 bits per heavy atom. The van der Waals surface area contributed by atoms with Crippen LogP contribution in [0.2, 0.25) is 5.02 Å². The smallest absolute Gasteiger partial charge is 0.246 e. The van der Waals surface area contributed by atoms with Gasteiger partial charge in [0, 0.05) is 23.6 Å². The molecule has 8 nitrogen and oxygen atoms in total. The molecule has 1 aromatic heterocycles. The Labute approximate surface area is 178 Å². The Morgan fingerprint density at radius 3 is 2.47 bits per heavy atom. The molecule has 0 saturated carbocycles. The minimum atomic E-state index is -0.233. The second kappa shape index (κ2) is 8.79. The predicted molar refractivity (Wildman–Crippen MR) is 108 cm³/mol. The summed E-state index contributed by atoms with van der Waals surface area (Å²) < 4.78 is 5.16. The van der Waals surface area contributed by atoms with Crippen LogP contribution in [-0.4, -0.2) is 39.3 Å². The molecule has 2 aliphatic rings. The number of carbonyl (C=O) groups is 3. The molecule has 1 N–H and O–H groups in total. The summed E-state index contributed by atoms with van der Waals surface area (Å²) in [6.07, 6.45) is 5.76. The molecule has 2 aromatic rings. The van der Waals surface area contributed by atoms with Crippen molar-refractivity contribution in [2.75, 3.05) is 6.54 Å². The van der Waals surface area contributed by atoms with Gasteiger partial charge < -0.3 is 9.84 Å². The molecule has 3 amide bonds. The maximum atomic E-state index is 12.4. The Balaban J connectivity index is 1.22. The molecule has 0 spiro atoms. The van der Waals surface area contributed by atoms with Crippen LogP contribution in [0.25, 0.3) is 11.4 Å². The van der Waals surface area contributed by atoms with Crippen molar-refractivity contribution in [1.82, 2.24) is 20.4 Å². The number of nitrogens with zero attached hydrogens (tertiary/aromatic N) is 3. The van der Waals surface area contributed by atoms with Crippen molar-refractivity contribution in [2.45, 2.75) is 32.2 Å². The van der Waals surface area contributed by atoms with Crippen LogP contribution in [0, 0.1) is 11.8 Å². The van der Waals surface area contributed by atoms with Crippen molar-refractivity contribution >= 4 is 29.3 Å². The molecule has 2 atom stereocenters. The summed E-state index contributed by atoms with van der Waals surface area (Å²) in [5.41, 5.74) is 0.761. The fourth-order valence-corrected chi connectivity index (χ4v) is 3.92. The van der Waals surface area contributed by atoms with Crippen LogP contribution in [-0.2, 0) is 20.9 Å². The fraction of sp³-hybridized carbons (Fsp3) is 0.381. The van der Waals surface area contributed by atoms with E-state index in [2.05, 4.69) is 15.5 Å². The first kappa shape index (κ1) is 20.3. The Morgan fingerprint density at radius 1 is 1.13 bits per heavy atom. The van der Waals surface area contributed by atoms with Gasteiger partial charge >= 0.3 is 0 Å². The number of amides is 3. The molecule has 1 aliphatic heterocycles. The molecule has 0 unspecified atom stereocenters. The highest BCUT2D eigenvalue weighted by Crippen LogP contribution is 2.35. The van der Waals surface area contributed by atoms with Gasteiger partial charge in [-0.2, -0.15) is 4.98 Å². The first-order valence-corrected chi connectivity index (χ1v) is 10.3. The van der Waals surface area contributed by atoms with Crippen molar-refractivity contribution in [3.8, 4) is 11.4 Å². The molecular weight excluding hydrogens is 408 g/mol. The van der Waals surface area contributed by atoms with Crippen molar-refractivity contribution < 1.29 is 18.9 Å². The first-order valence-electron chi connectivity index (χ1n) is 9.88. The number of allylic oxidation sites excluding steroid dienone is 2. The number of aromatic nitrogens is 2. The topological polar surface area (TPSA) is 105 Å². The number of imide groups is 1. The lowest BCUT2D eigenvalue weighted by atomic mass is 9.85. The van der Waals surface area contributed by atoms with Crippen molar-refractivity contribution in [1.29, 1.82) is 0 Å².